The molecule has 2 heterocycles. The van der Waals surface area contributed by atoms with E-state index in [0.29, 0.717) is 5.75 Å². The Hall–Kier alpha value is -4.76. The molecule has 2 aromatic heterocycles. The van der Waals surface area contributed by atoms with Gasteiger partial charge in [0.2, 0.25) is 0 Å². The number of rotatable bonds is 3. The second-order valence-electron chi connectivity index (χ2n) is 9.68. The van der Waals surface area contributed by atoms with Crippen LogP contribution >= 0.6 is 0 Å². The van der Waals surface area contributed by atoms with E-state index in [0.717, 1.165) is 55.2 Å². The fourth-order valence-corrected chi connectivity index (χ4v) is 5.99. The van der Waals surface area contributed by atoms with E-state index in [9.17, 15) is 5.11 Å². The first kappa shape index (κ1) is 21.5. The first-order chi connectivity index (χ1) is 18.1. The Kier molecular flexibility index (Phi) is 4.73. The van der Waals surface area contributed by atoms with Gasteiger partial charge in [0, 0.05) is 64.4 Å². The highest BCUT2D eigenvalue weighted by Crippen LogP contribution is 2.53. The van der Waals surface area contributed by atoms with Crippen LogP contribution in [0.15, 0.2) is 115 Å². The Morgan fingerprint density at radius 1 is 0.541 bits per heavy atom. The van der Waals surface area contributed by atoms with Gasteiger partial charge >= 0.3 is 0 Å². The quantitative estimate of drug-likeness (QED) is 0.271. The Bertz CT molecular complexity index is 1940. The zero-order chi connectivity index (χ0) is 25.1. The van der Waals surface area contributed by atoms with Crippen molar-refractivity contribution in [3.8, 4) is 39.1 Å². The van der Waals surface area contributed by atoms with Crippen LogP contribution in [0.4, 0.5) is 0 Å². The number of benzene rings is 5. The van der Waals surface area contributed by atoms with Crippen molar-refractivity contribution in [3.63, 3.8) is 0 Å². The van der Waals surface area contributed by atoms with Crippen LogP contribution in [0.2, 0.25) is 0 Å². The van der Waals surface area contributed by atoms with Crippen molar-refractivity contribution in [2.45, 2.75) is 0 Å². The lowest BCUT2D eigenvalue weighted by Crippen LogP contribution is -1.96. The van der Waals surface area contributed by atoms with Gasteiger partial charge in [-0.25, -0.2) is 0 Å². The largest absolute Gasteiger partial charge is 0.507 e. The lowest BCUT2D eigenvalue weighted by molar-refractivity contribution is 0.484. The summed E-state index contributed by atoms with van der Waals surface area (Å²) >= 11 is 0. The minimum absolute atomic E-state index is 0.320. The van der Waals surface area contributed by atoms with E-state index in [-0.39, 0.29) is 0 Å². The second-order valence-corrected chi connectivity index (χ2v) is 9.68. The molecule has 0 aliphatic heterocycles. The lowest BCUT2D eigenvalue weighted by Gasteiger charge is -2.20. The molecule has 0 saturated heterocycles. The smallest absolute Gasteiger partial charge is 0.134 e. The Morgan fingerprint density at radius 2 is 1.08 bits per heavy atom. The highest BCUT2D eigenvalue weighted by Gasteiger charge is 2.28. The fraction of sp³-hybridized carbons (Fsp3) is 0.0588. The van der Waals surface area contributed by atoms with Crippen LogP contribution in [0, 0.1) is 0 Å². The van der Waals surface area contributed by atoms with Crippen LogP contribution in [-0.4, -0.2) is 14.2 Å². The minimum Gasteiger partial charge on any atom is -0.507 e. The van der Waals surface area contributed by atoms with E-state index in [1.165, 1.54) is 10.9 Å². The molecule has 178 valence electrons. The predicted octanol–water partition coefficient (Wildman–Crippen LogP) is 8.53. The number of hydrogen-bond donors (Lipinski definition) is 1. The molecule has 0 aliphatic rings. The normalized spacial score (nSPS) is 11.6. The molecule has 5 aromatic carbocycles. The van der Waals surface area contributed by atoms with E-state index in [4.69, 9.17) is 0 Å². The summed E-state index contributed by atoms with van der Waals surface area (Å²) in [4.78, 5) is 0. The van der Waals surface area contributed by atoms with Crippen molar-refractivity contribution in [1.82, 2.24) is 9.13 Å². The minimum atomic E-state index is 0.320. The van der Waals surface area contributed by atoms with E-state index >= 15 is 0 Å². The maximum absolute atomic E-state index is 12.1. The Balaban J connectivity index is 1.81. The number of phenols is 1. The van der Waals surface area contributed by atoms with Gasteiger partial charge in [0.05, 0.1) is 10.9 Å². The number of phenolic OH excluding ortho intramolecular Hbond substituents is 1. The van der Waals surface area contributed by atoms with Crippen LogP contribution in [0.1, 0.15) is 0 Å². The molecule has 0 amide bonds. The van der Waals surface area contributed by atoms with Crippen LogP contribution in [0.25, 0.3) is 66.1 Å². The zero-order valence-electron chi connectivity index (χ0n) is 20.8. The van der Waals surface area contributed by atoms with Crippen LogP contribution in [0.5, 0.6) is 5.75 Å². The van der Waals surface area contributed by atoms with Gasteiger partial charge in [-0.05, 0) is 23.3 Å². The van der Waals surface area contributed by atoms with Gasteiger partial charge in [-0.15, -0.1) is 0 Å². The number of aryl methyl sites for hydroxylation is 2. The SMILES string of the molecule is Cn1cc(-c2c(-c3ccccc3)c(-c3ccccc3)c(O)c3c4ccccc4n(C)c23)c2ccccc21. The molecule has 0 aliphatic carbocycles. The van der Waals surface area contributed by atoms with Gasteiger partial charge in [0.1, 0.15) is 5.75 Å². The van der Waals surface area contributed by atoms with Gasteiger partial charge in [0.25, 0.3) is 0 Å². The number of aromatic nitrogens is 2. The highest BCUT2D eigenvalue weighted by molar-refractivity contribution is 6.23. The molecule has 1 N–H and O–H groups in total. The second kappa shape index (κ2) is 8.14. The monoisotopic (exact) mass is 478 g/mol. The van der Waals surface area contributed by atoms with Crippen LogP contribution < -0.4 is 0 Å². The molecule has 3 heteroatoms. The van der Waals surface area contributed by atoms with Gasteiger partial charge in [-0.2, -0.15) is 0 Å². The number of aromatic hydroxyl groups is 1. The first-order valence-electron chi connectivity index (χ1n) is 12.6. The lowest BCUT2D eigenvalue weighted by atomic mass is 9.84. The summed E-state index contributed by atoms with van der Waals surface area (Å²) in [5, 5.41) is 15.3. The maximum atomic E-state index is 12.1. The average Bonchev–Trinajstić information content (AvgIpc) is 3.44. The van der Waals surface area contributed by atoms with Crippen molar-refractivity contribution >= 4 is 32.7 Å². The average molecular weight is 479 g/mol. The molecule has 0 radical (unpaired) electrons. The summed E-state index contributed by atoms with van der Waals surface area (Å²) in [5.74, 6) is 0.320. The van der Waals surface area contributed by atoms with Gasteiger partial charge in [0.15, 0.2) is 0 Å². The molecule has 0 fully saturated rings. The van der Waals surface area contributed by atoms with Crippen LogP contribution in [0.3, 0.4) is 0 Å². The van der Waals surface area contributed by atoms with E-state index in [2.05, 4.69) is 108 Å². The van der Waals surface area contributed by atoms with Crippen LogP contribution in [-0.2, 0) is 14.1 Å². The molecule has 0 atom stereocenters. The number of fused-ring (bicyclic) bond motifs is 4. The maximum Gasteiger partial charge on any atom is 0.134 e. The summed E-state index contributed by atoms with van der Waals surface area (Å²) < 4.78 is 4.44. The summed E-state index contributed by atoms with van der Waals surface area (Å²) in [5.41, 5.74) is 9.57. The summed E-state index contributed by atoms with van der Waals surface area (Å²) in [6, 6.07) is 37.6. The zero-order valence-corrected chi connectivity index (χ0v) is 20.8. The predicted molar refractivity (Wildman–Crippen MR) is 155 cm³/mol. The van der Waals surface area contributed by atoms with Crippen molar-refractivity contribution in [2.75, 3.05) is 0 Å². The summed E-state index contributed by atoms with van der Waals surface area (Å²) in [6.45, 7) is 0. The molecule has 3 nitrogen and oxygen atoms in total. The summed E-state index contributed by atoms with van der Waals surface area (Å²) in [6.07, 6.45) is 2.23. The van der Waals surface area contributed by atoms with Gasteiger partial charge < -0.3 is 14.2 Å². The Morgan fingerprint density at radius 3 is 1.76 bits per heavy atom. The topological polar surface area (TPSA) is 30.1 Å². The number of hydrogen-bond acceptors (Lipinski definition) is 1. The van der Waals surface area contributed by atoms with Gasteiger partial charge in [-0.3, -0.25) is 0 Å². The fourth-order valence-electron chi connectivity index (χ4n) is 5.99. The molecule has 0 bridgehead atoms. The third-order valence-corrected chi connectivity index (χ3v) is 7.61. The third-order valence-electron chi connectivity index (χ3n) is 7.61. The molecule has 0 saturated carbocycles. The van der Waals surface area contributed by atoms with Crippen molar-refractivity contribution in [1.29, 1.82) is 0 Å². The highest BCUT2D eigenvalue weighted by atomic mass is 16.3. The molecule has 37 heavy (non-hydrogen) atoms. The van der Waals surface area contributed by atoms with Crippen molar-refractivity contribution < 1.29 is 5.11 Å². The number of para-hydroxylation sites is 2. The Labute approximate surface area is 215 Å². The summed E-state index contributed by atoms with van der Waals surface area (Å²) in [7, 11) is 4.21. The molecular formula is C34H26N2O. The molecule has 7 aromatic rings. The molecule has 7 rings (SSSR count). The van der Waals surface area contributed by atoms with E-state index in [1.807, 2.05) is 30.3 Å². The molecule has 0 unspecified atom stereocenters. The first-order valence-corrected chi connectivity index (χ1v) is 12.6. The number of nitrogens with zero attached hydrogens (tertiary/aromatic N) is 2. The van der Waals surface area contributed by atoms with Crippen molar-refractivity contribution in [3.05, 3.63) is 115 Å². The van der Waals surface area contributed by atoms with Gasteiger partial charge in [-0.1, -0.05) is 97.1 Å². The standard InChI is InChI=1S/C34H26N2O/c1-35-21-26(24-17-9-11-19-27(24)35)31-29(22-13-5-3-6-14-22)30(23-15-7-4-8-16-23)34(37)32-25-18-10-12-20-28(25)36(2)33(31)32/h3-21,37H,1-2H3. The third kappa shape index (κ3) is 3.07. The molecular weight excluding hydrogens is 452 g/mol. The van der Waals surface area contributed by atoms with E-state index in [1.54, 1.807) is 0 Å². The molecule has 0 spiro atoms. The van der Waals surface area contributed by atoms with Crippen molar-refractivity contribution in [2.24, 2.45) is 14.1 Å². The van der Waals surface area contributed by atoms with E-state index < -0.39 is 0 Å².